The predicted molar refractivity (Wildman–Crippen MR) is 36.5 cm³/mol. The molecule has 0 aromatic heterocycles. The second kappa shape index (κ2) is 1.83. The van der Waals surface area contributed by atoms with Gasteiger partial charge in [0.2, 0.25) is 0 Å². The molecule has 0 aromatic rings. The van der Waals surface area contributed by atoms with Crippen molar-refractivity contribution in [2.24, 2.45) is 11.7 Å². The molecule has 0 saturated heterocycles. The van der Waals surface area contributed by atoms with Gasteiger partial charge in [-0.25, -0.2) is 8.78 Å². The Labute approximate surface area is 64.4 Å². The van der Waals surface area contributed by atoms with E-state index in [-0.39, 0.29) is 18.8 Å². The van der Waals surface area contributed by atoms with E-state index in [1.807, 2.05) is 0 Å². The van der Waals surface area contributed by atoms with E-state index in [0.29, 0.717) is 12.8 Å². The zero-order valence-corrected chi connectivity index (χ0v) is 6.26. The summed E-state index contributed by atoms with van der Waals surface area (Å²) >= 11 is 0. The maximum Gasteiger partial charge on any atom is 0.252 e. The summed E-state index contributed by atoms with van der Waals surface area (Å²) in [5.41, 5.74) is 5.09. The van der Waals surface area contributed by atoms with Crippen LogP contribution in [0.15, 0.2) is 0 Å². The molecule has 2 saturated carbocycles. The number of alkyl halides is 2. The van der Waals surface area contributed by atoms with Crippen LogP contribution in [0.5, 0.6) is 0 Å². The third kappa shape index (κ3) is 0.839. The highest BCUT2D eigenvalue weighted by atomic mass is 35.5. The molecule has 0 spiro atoms. The van der Waals surface area contributed by atoms with Gasteiger partial charge in [-0.1, -0.05) is 0 Å². The smallest absolute Gasteiger partial charge is 0.252 e. The van der Waals surface area contributed by atoms with Gasteiger partial charge in [0, 0.05) is 17.9 Å². The summed E-state index contributed by atoms with van der Waals surface area (Å²) in [7, 11) is 0. The summed E-state index contributed by atoms with van der Waals surface area (Å²) < 4.78 is 25.1. The fraction of sp³-hybridized carbons (Fsp3) is 1.00. The maximum absolute atomic E-state index is 12.5. The van der Waals surface area contributed by atoms with Gasteiger partial charge < -0.3 is 5.73 Å². The normalized spacial score (nSPS) is 47.7. The van der Waals surface area contributed by atoms with Crippen LogP contribution >= 0.6 is 12.4 Å². The van der Waals surface area contributed by atoms with Crippen LogP contribution in [0.2, 0.25) is 0 Å². The minimum atomic E-state index is -2.44. The Morgan fingerprint density at radius 3 is 2.00 bits per heavy atom. The first-order valence-electron chi connectivity index (χ1n) is 3.21. The van der Waals surface area contributed by atoms with Crippen molar-refractivity contribution < 1.29 is 8.78 Å². The van der Waals surface area contributed by atoms with Crippen LogP contribution in [-0.2, 0) is 0 Å². The lowest BCUT2D eigenvalue weighted by molar-refractivity contribution is -0.0145. The zero-order valence-electron chi connectivity index (χ0n) is 5.44. The van der Waals surface area contributed by atoms with Crippen LogP contribution < -0.4 is 5.73 Å². The summed E-state index contributed by atoms with van der Waals surface area (Å²) in [4.78, 5) is 0. The van der Waals surface area contributed by atoms with E-state index in [4.69, 9.17) is 5.73 Å². The molecule has 10 heavy (non-hydrogen) atoms. The standard InChI is InChI=1S/C6H9F2N.ClH/c7-6(8)2-1-5(9)3-4(5)6;/h4H,1-3,9H2;1H/t4-,5-;/m1./s1. The highest BCUT2D eigenvalue weighted by Crippen LogP contribution is 2.61. The van der Waals surface area contributed by atoms with Crippen molar-refractivity contribution in [3.63, 3.8) is 0 Å². The molecule has 0 bridgehead atoms. The highest BCUT2D eigenvalue weighted by Gasteiger charge is 2.68. The van der Waals surface area contributed by atoms with Crippen LogP contribution in [0, 0.1) is 5.92 Å². The lowest BCUT2D eigenvalue weighted by atomic mass is 10.2. The third-order valence-corrected chi connectivity index (χ3v) is 2.55. The fourth-order valence-electron chi connectivity index (χ4n) is 1.74. The third-order valence-electron chi connectivity index (χ3n) is 2.55. The minimum absolute atomic E-state index is 0. The SMILES string of the molecule is Cl.N[C@@]12CCC(F)(F)[C@@H]1C2. The Morgan fingerprint density at radius 1 is 1.30 bits per heavy atom. The number of halogens is 3. The van der Waals surface area contributed by atoms with Gasteiger partial charge in [0.05, 0.1) is 0 Å². The van der Waals surface area contributed by atoms with Crippen molar-refractivity contribution in [2.45, 2.75) is 30.7 Å². The quantitative estimate of drug-likeness (QED) is 0.585. The van der Waals surface area contributed by atoms with Gasteiger partial charge in [0.15, 0.2) is 0 Å². The molecular weight excluding hydrogens is 160 g/mol. The number of nitrogens with two attached hydrogens (primary N) is 1. The zero-order chi connectivity index (χ0) is 6.70. The molecule has 0 unspecified atom stereocenters. The Hall–Kier alpha value is 0.110. The van der Waals surface area contributed by atoms with Crippen molar-refractivity contribution >= 4 is 12.4 Å². The van der Waals surface area contributed by atoms with E-state index in [1.165, 1.54) is 0 Å². The summed E-state index contributed by atoms with van der Waals surface area (Å²) in [6.07, 6.45) is 1.07. The van der Waals surface area contributed by atoms with Crippen molar-refractivity contribution in [1.82, 2.24) is 0 Å². The molecule has 2 aliphatic rings. The van der Waals surface area contributed by atoms with E-state index < -0.39 is 17.4 Å². The van der Waals surface area contributed by atoms with Crippen LogP contribution in [-0.4, -0.2) is 11.5 Å². The summed E-state index contributed by atoms with van der Waals surface area (Å²) in [6.45, 7) is 0. The first-order valence-corrected chi connectivity index (χ1v) is 3.21. The van der Waals surface area contributed by atoms with Crippen LogP contribution in [0.25, 0.3) is 0 Å². The molecule has 0 amide bonds. The van der Waals surface area contributed by atoms with Crippen molar-refractivity contribution in [3.05, 3.63) is 0 Å². The molecule has 0 heterocycles. The molecule has 2 aliphatic carbocycles. The number of hydrogen-bond donors (Lipinski definition) is 1. The molecule has 0 radical (unpaired) electrons. The Bertz CT molecular complexity index is 162. The van der Waals surface area contributed by atoms with Gasteiger partial charge in [-0.05, 0) is 12.8 Å². The molecular formula is C6H10ClF2N. The molecule has 2 atom stereocenters. The molecule has 60 valence electrons. The molecule has 2 fully saturated rings. The van der Waals surface area contributed by atoms with E-state index >= 15 is 0 Å². The van der Waals surface area contributed by atoms with Gasteiger partial charge >= 0.3 is 0 Å². The fourth-order valence-corrected chi connectivity index (χ4v) is 1.74. The minimum Gasteiger partial charge on any atom is -0.325 e. The van der Waals surface area contributed by atoms with Gasteiger partial charge in [-0.2, -0.15) is 0 Å². The van der Waals surface area contributed by atoms with Crippen LogP contribution in [0.3, 0.4) is 0 Å². The van der Waals surface area contributed by atoms with Gasteiger partial charge in [-0.15, -0.1) is 12.4 Å². The van der Waals surface area contributed by atoms with Crippen LogP contribution in [0.1, 0.15) is 19.3 Å². The number of fused-ring (bicyclic) bond motifs is 1. The predicted octanol–water partition coefficient (Wildman–Crippen LogP) is 1.55. The van der Waals surface area contributed by atoms with E-state index in [2.05, 4.69) is 0 Å². The Kier molecular flexibility index (Phi) is 1.50. The van der Waals surface area contributed by atoms with Gasteiger partial charge in [0.1, 0.15) is 0 Å². The Balaban J connectivity index is 0.000000500. The molecule has 0 aromatic carbocycles. The summed E-state index contributed by atoms with van der Waals surface area (Å²) in [5.74, 6) is -2.92. The van der Waals surface area contributed by atoms with Crippen molar-refractivity contribution in [1.29, 1.82) is 0 Å². The second-order valence-corrected chi connectivity index (χ2v) is 3.25. The first-order chi connectivity index (χ1) is 4.05. The summed E-state index contributed by atoms with van der Waals surface area (Å²) in [5, 5.41) is 0. The number of hydrogen-bond acceptors (Lipinski definition) is 1. The van der Waals surface area contributed by atoms with Crippen molar-refractivity contribution in [2.75, 3.05) is 0 Å². The lowest BCUT2D eigenvalue weighted by Gasteiger charge is -2.07. The molecule has 1 nitrogen and oxygen atoms in total. The first kappa shape index (κ1) is 8.21. The average Bonchev–Trinajstić information content (AvgIpc) is 2.35. The largest absolute Gasteiger partial charge is 0.325 e. The lowest BCUT2D eigenvalue weighted by Crippen LogP contribution is -2.22. The van der Waals surface area contributed by atoms with E-state index in [9.17, 15) is 8.78 Å². The molecule has 0 aliphatic heterocycles. The maximum atomic E-state index is 12.5. The van der Waals surface area contributed by atoms with E-state index in [1.54, 1.807) is 0 Å². The topological polar surface area (TPSA) is 26.0 Å². The summed E-state index contributed by atoms with van der Waals surface area (Å²) in [6, 6.07) is 0. The van der Waals surface area contributed by atoms with E-state index in [0.717, 1.165) is 0 Å². The molecule has 4 heteroatoms. The molecule has 2 N–H and O–H groups in total. The van der Waals surface area contributed by atoms with Crippen LogP contribution in [0.4, 0.5) is 8.78 Å². The van der Waals surface area contributed by atoms with Gasteiger partial charge in [-0.3, -0.25) is 0 Å². The monoisotopic (exact) mass is 169 g/mol. The van der Waals surface area contributed by atoms with Gasteiger partial charge in [0.25, 0.3) is 5.92 Å². The average molecular weight is 170 g/mol. The number of rotatable bonds is 0. The van der Waals surface area contributed by atoms with Crippen molar-refractivity contribution in [3.8, 4) is 0 Å². The Morgan fingerprint density at radius 2 is 1.90 bits per heavy atom. The highest BCUT2D eigenvalue weighted by molar-refractivity contribution is 5.85. The molecule has 2 rings (SSSR count). The second-order valence-electron chi connectivity index (χ2n) is 3.25.